The Balaban J connectivity index is 1.98. The fourth-order valence-corrected chi connectivity index (χ4v) is 1.74. The summed E-state index contributed by atoms with van der Waals surface area (Å²) in [5.74, 6) is -0.411. The number of nitrogens with zero attached hydrogens (tertiary/aromatic N) is 2. The second-order valence-corrected chi connectivity index (χ2v) is 3.94. The molecule has 0 bridgehead atoms. The maximum atomic E-state index is 11.5. The lowest BCUT2D eigenvalue weighted by Crippen LogP contribution is -2.16. The van der Waals surface area contributed by atoms with Crippen LogP contribution < -0.4 is 0 Å². The molecule has 0 spiro atoms. The van der Waals surface area contributed by atoms with Gasteiger partial charge in [0.15, 0.2) is 10.8 Å². The normalized spacial score (nSPS) is 16.6. The lowest BCUT2D eigenvalue weighted by molar-refractivity contribution is 0.0309. The molecule has 0 unspecified atom stereocenters. The van der Waals surface area contributed by atoms with Crippen LogP contribution in [0.1, 0.15) is 36.2 Å². The molecule has 1 fully saturated rings. The number of hydrogen-bond acceptors (Lipinski definition) is 4. The van der Waals surface area contributed by atoms with Crippen molar-refractivity contribution in [2.75, 3.05) is 0 Å². The van der Waals surface area contributed by atoms with Crippen LogP contribution in [0.5, 0.6) is 0 Å². The van der Waals surface area contributed by atoms with E-state index in [1.807, 2.05) is 0 Å². The van der Waals surface area contributed by atoms with Gasteiger partial charge < -0.3 is 4.74 Å². The molecule has 0 radical (unpaired) electrons. The summed E-state index contributed by atoms with van der Waals surface area (Å²) in [5.41, 5.74) is 0.214. The lowest BCUT2D eigenvalue weighted by atomic mass is 10.3. The Morgan fingerprint density at radius 2 is 2.07 bits per heavy atom. The summed E-state index contributed by atoms with van der Waals surface area (Å²) in [6.45, 7) is 0. The highest BCUT2D eigenvalue weighted by molar-refractivity contribution is 6.29. The van der Waals surface area contributed by atoms with Crippen LogP contribution in [0.3, 0.4) is 0 Å². The topological polar surface area (TPSA) is 52.1 Å². The summed E-state index contributed by atoms with van der Waals surface area (Å²) in [5, 5.41) is 7.52. The molecule has 0 aromatic carbocycles. The van der Waals surface area contributed by atoms with Gasteiger partial charge in [-0.3, -0.25) is 0 Å². The van der Waals surface area contributed by atoms with Crippen LogP contribution in [0, 0.1) is 0 Å². The molecule has 4 nitrogen and oxygen atoms in total. The van der Waals surface area contributed by atoms with Crippen molar-refractivity contribution in [3.63, 3.8) is 0 Å². The minimum absolute atomic E-state index is 0.0509. The third kappa shape index (κ3) is 2.65. The average Bonchev–Trinajstić information content (AvgIpc) is 2.71. The highest BCUT2D eigenvalue weighted by atomic mass is 35.5. The molecule has 0 saturated heterocycles. The fraction of sp³-hybridized carbons (Fsp3) is 0.500. The van der Waals surface area contributed by atoms with Gasteiger partial charge in [-0.25, -0.2) is 4.79 Å². The van der Waals surface area contributed by atoms with Crippen LogP contribution in [-0.2, 0) is 4.74 Å². The van der Waals surface area contributed by atoms with Gasteiger partial charge >= 0.3 is 5.97 Å². The van der Waals surface area contributed by atoms with Gasteiger partial charge in [0, 0.05) is 0 Å². The molecule has 1 aromatic heterocycles. The quantitative estimate of drug-likeness (QED) is 0.726. The van der Waals surface area contributed by atoms with Crippen LogP contribution in [0.2, 0.25) is 5.15 Å². The largest absolute Gasteiger partial charge is 0.458 e. The summed E-state index contributed by atoms with van der Waals surface area (Å²) < 4.78 is 5.25. The predicted molar refractivity (Wildman–Crippen MR) is 54.7 cm³/mol. The molecule has 1 heterocycles. The molecule has 15 heavy (non-hydrogen) atoms. The molecule has 0 aliphatic heterocycles. The maximum Gasteiger partial charge on any atom is 0.359 e. The number of rotatable bonds is 2. The van der Waals surface area contributed by atoms with Gasteiger partial charge in [0.25, 0.3) is 0 Å². The molecule has 1 aromatic rings. The van der Waals surface area contributed by atoms with Crippen LogP contribution in [0.15, 0.2) is 12.1 Å². The first-order valence-corrected chi connectivity index (χ1v) is 5.34. The standard InChI is InChI=1S/C10H11ClN2O2/c11-9-6-5-8(12-13-9)10(14)15-7-3-1-2-4-7/h5-7H,1-4H2. The first kappa shape index (κ1) is 10.4. The van der Waals surface area contributed by atoms with Gasteiger partial charge in [0.1, 0.15) is 6.10 Å². The Hall–Kier alpha value is -1.16. The molecular weight excluding hydrogens is 216 g/mol. The van der Waals surface area contributed by atoms with Gasteiger partial charge in [0.05, 0.1) is 0 Å². The Morgan fingerprint density at radius 1 is 1.33 bits per heavy atom. The molecule has 0 atom stereocenters. The first-order chi connectivity index (χ1) is 7.25. The van der Waals surface area contributed by atoms with Crippen molar-refractivity contribution >= 4 is 17.6 Å². The zero-order valence-electron chi connectivity index (χ0n) is 8.15. The molecular formula is C10H11ClN2O2. The molecule has 1 saturated carbocycles. The Kier molecular flexibility index (Phi) is 3.16. The SMILES string of the molecule is O=C(OC1CCCC1)c1ccc(Cl)nn1. The van der Waals surface area contributed by atoms with Gasteiger partial charge in [0.2, 0.25) is 0 Å². The number of esters is 1. The molecule has 1 aliphatic rings. The van der Waals surface area contributed by atoms with Crippen molar-refractivity contribution in [2.45, 2.75) is 31.8 Å². The number of carbonyl (C=O) groups is 1. The Labute approximate surface area is 92.6 Å². The minimum Gasteiger partial charge on any atom is -0.458 e. The molecule has 0 amide bonds. The van der Waals surface area contributed by atoms with Crippen molar-refractivity contribution in [1.29, 1.82) is 0 Å². The Bertz CT molecular complexity index is 347. The van der Waals surface area contributed by atoms with E-state index in [9.17, 15) is 4.79 Å². The average molecular weight is 227 g/mol. The van der Waals surface area contributed by atoms with Crippen molar-refractivity contribution in [3.8, 4) is 0 Å². The van der Waals surface area contributed by atoms with Gasteiger partial charge in [-0.1, -0.05) is 11.6 Å². The van der Waals surface area contributed by atoms with E-state index in [0.717, 1.165) is 25.7 Å². The van der Waals surface area contributed by atoms with E-state index in [0.29, 0.717) is 0 Å². The Morgan fingerprint density at radius 3 is 2.67 bits per heavy atom. The number of ether oxygens (including phenoxy) is 1. The van der Waals surface area contributed by atoms with E-state index in [4.69, 9.17) is 16.3 Å². The number of carbonyl (C=O) groups excluding carboxylic acids is 1. The van der Waals surface area contributed by atoms with E-state index in [2.05, 4.69) is 10.2 Å². The van der Waals surface area contributed by atoms with E-state index in [1.165, 1.54) is 12.1 Å². The van der Waals surface area contributed by atoms with Crippen LogP contribution in [0.25, 0.3) is 0 Å². The van der Waals surface area contributed by atoms with Crippen LogP contribution in [0.4, 0.5) is 0 Å². The summed E-state index contributed by atoms with van der Waals surface area (Å²) in [6, 6.07) is 3.05. The fourth-order valence-electron chi connectivity index (χ4n) is 1.64. The van der Waals surface area contributed by atoms with Crippen LogP contribution in [-0.4, -0.2) is 22.3 Å². The summed E-state index contributed by atoms with van der Waals surface area (Å²) in [7, 11) is 0. The van der Waals surface area contributed by atoms with E-state index in [-0.39, 0.29) is 17.0 Å². The molecule has 80 valence electrons. The zero-order valence-corrected chi connectivity index (χ0v) is 8.91. The van der Waals surface area contributed by atoms with E-state index < -0.39 is 5.97 Å². The monoisotopic (exact) mass is 226 g/mol. The van der Waals surface area contributed by atoms with Crippen molar-refractivity contribution in [1.82, 2.24) is 10.2 Å². The molecule has 0 N–H and O–H groups in total. The molecule has 1 aliphatic carbocycles. The van der Waals surface area contributed by atoms with Crippen molar-refractivity contribution < 1.29 is 9.53 Å². The number of halogens is 1. The number of aromatic nitrogens is 2. The molecule has 5 heteroatoms. The third-order valence-corrected chi connectivity index (χ3v) is 2.62. The smallest absolute Gasteiger partial charge is 0.359 e. The molecule has 2 rings (SSSR count). The van der Waals surface area contributed by atoms with Gasteiger partial charge in [-0.15, -0.1) is 10.2 Å². The van der Waals surface area contributed by atoms with E-state index in [1.54, 1.807) is 0 Å². The third-order valence-electron chi connectivity index (χ3n) is 2.42. The summed E-state index contributed by atoms with van der Waals surface area (Å²) in [4.78, 5) is 11.5. The zero-order chi connectivity index (χ0) is 10.7. The first-order valence-electron chi connectivity index (χ1n) is 4.96. The maximum absolute atomic E-state index is 11.5. The highest BCUT2D eigenvalue weighted by Gasteiger charge is 2.20. The van der Waals surface area contributed by atoms with E-state index >= 15 is 0 Å². The predicted octanol–water partition coefficient (Wildman–Crippen LogP) is 2.23. The summed E-state index contributed by atoms with van der Waals surface area (Å²) in [6.07, 6.45) is 4.21. The second kappa shape index (κ2) is 4.57. The number of hydrogen-bond donors (Lipinski definition) is 0. The van der Waals surface area contributed by atoms with Crippen LogP contribution >= 0.6 is 11.6 Å². The second-order valence-electron chi connectivity index (χ2n) is 3.55. The van der Waals surface area contributed by atoms with Crippen molar-refractivity contribution in [2.24, 2.45) is 0 Å². The van der Waals surface area contributed by atoms with Crippen molar-refractivity contribution in [3.05, 3.63) is 23.0 Å². The highest BCUT2D eigenvalue weighted by Crippen LogP contribution is 2.21. The lowest BCUT2D eigenvalue weighted by Gasteiger charge is -2.09. The van der Waals surface area contributed by atoms with Gasteiger partial charge in [-0.2, -0.15) is 0 Å². The van der Waals surface area contributed by atoms with Gasteiger partial charge in [-0.05, 0) is 37.8 Å². The summed E-state index contributed by atoms with van der Waals surface area (Å²) >= 11 is 5.56. The minimum atomic E-state index is -0.411.